The Bertz CT molecular complexity index is 267. The molecular weight excluding hydrogens is 200 g/mol. The predicted molar refractivity (Wildman–Crippen MR) is 63.2 cm³/mol. The lowest BCUT2D eigenvalue weighted by Gasteiger charge is -2.34. The third kappa shape index (κ3) is 2.05. The van der Waals surface area contributed by atoms with Gasteiger partial charge in [0.25, 0.3) is 0 Å². The lowest BCUT2D eigenvalue weighted by atomic mass is 9.82. The van der Waals surface area contributed by atoms with Crippen molar-refractivity contribution in [2.75, 3.05) is 13.2 Å². The van der Waals surface area contributed by atoms with Crippen LogP contribution in [0.3, 0.4) is 0 Å². The molecule has 3 rings (SSSR count). The Morgan fingerprint density at radius 1 is 0.688 bits per heavy atom. The van der Waals surface area contributed by atoms with Gasteiger partial charge in [-0.3, -0.25) is 0 Å². The van der Waals surface area contributed by atoms with Gasteiger partial charge >= 0.3 is 0 Å². The molecule has 1 heterocycles. The Morgan fingerprint density at radius 2 is 1.25 bits per heavy atom. The summed E-state index contributed by atoms with van der Waals surface area (Å²) in [6.07, 6.45) is 11.6. The average molecular weight is 222 g/mol. The molecule has 0 N–H and O–H groups in total. The number of hydrogen-bond donors (Lipinski definition) is 0. The maximum atomic E-state index is 5.77. The summed E-state index contributed by atoms with van der Waals surface area (Å²) in [5, 5.41) is 0. The van der Waals surface area contributed by atoms with Crippen LogP contribution in [0.5, 0.6) is 0 Å². The van der Waals surface area contributed by atoms with Crippen molar-refractivity contribution in [3.05, 3.63) is 11.1 Å². The molecule has 2 saturated carbocycles. The molecule has 0 amide bonds. The van der Waals surface area contributed by atoms with Crippen molar-refractivity contribution >= 4 is 0 Å². The minimum atomic E-state index is -0.182. The largest absolute Gasteiger partial charge is 0.348 e. The third-order valence-corrected chi connectivity index (χ3v) is 4.39. The second-order valence-electron chi connectivity index (χ2n) is 5.38. The van der Waals surface area contributed by atoms with Gasteiger partial charge in [0.1, 0.15) is 0 Å². The van der Waals surface area contributed by atoms with E-state index in [-0.39, 0.29) is 5.79 Å². The topological polar surface area (TPSA) is 18.5 Å². The van der Waals surface area contributed by atoms with Crippen molar-refractivity contribution in [3.8, 4) is 0 Å². The zero-order valence-corrected chi connectivity index (χ0v) is 10.1. The maximum Gasteiger partial charge on any atom is 0.169 e. The highest BCUT2D eigenvalue weighted by atomic mass is 16.7. The second-order valence-corrected chi connectivity index (χ2v) is 5.38. The predicted octanol–water partition coefficient (Wildman–Crippen LogP) is 3.56. The van der Waals surface area contributed by atoms with E-state index in [9.17, 15) is 0 Å². The zero-order chi connectivity index (χ0) is 10.8. The molecule has 2 nitrogen and oxygen atoms in total. The van der Waals surface area contributed by atoms with Gasteiger partial charge in [0.15, 0.2) is 5.79 Å². The molecule has 0 unspecified atom stereocenters. The van der Waals surface area contributed by atoms with E-state index in [0.717, 1.165) is 26.1 Å². The van der Waals surface area contributed by atoms with E-state index in [1.807, 2.05) is 0 Å². The molecule has 2 heteroatoms. The quantitative estimate of drug-likeness (QED) is 0.583. The van der Waals surface area contributed by atoms with Gasteiger partial charge in [-0.1, -0.05) is 17.6 Å². The highest BCUT2D eigenvalue weighted by molar-refractivity contribution is 5.18. The summed E-state index contributed by atoms with van der Waals surface area (Å²) in [6, 6.07) is 0. The summed E-state index contributed by atoms with van der Waals surface area (Å²) in [5.41, 5.74) is 3.52. The van der Waals surface area contributed by atoms with Crippen molar-refractivity contribution in [3.63, 3.8) is 0 Å². The smallest absolute Gasteiger partial charge is 0.169 e. The molecule has 0 aromatic heterocycles. The van der Waals surface area contributed by atoms with Gasteiger partial charge in [0.05, 0.1) is 13.2 Å². The van der Waals surface area contributed by atoms with E-state index in [0.29, 0.717) is 0 Å². The van der Waals surface area contributed by atoms with Crippen LogP contribution in [0, 0.1) is 0 Å². The fourth-order valence-electron chi connectivity index (χ4n) is 3.40. The Kier molecular flexibility index (Phi) is 3.03. The molecule has 0 aromatic carbocycles. The van der Waals surface area contributed by atoms with Crippen LogP contribution in [-0.2, 0) is 9.47 Å². The van der Waals surface area contributed by atoms with Gasteiger partial charge in [-0.2, -0.15) is 0 Å². The number of hydrogen-bond acceptors (Lipinski definition) is 2. The van der Waals surface area contributed by atoms with E-state index in [1.54, 1.807) is 11.1 Å². The first-order chi connectivity index (χ1) is 7.88. The van der Waals surface area contributed by atoms with Crippen LogP contribution in [0.25, 0.3) is 0 Å². The SMILES string of the molecule is C1CCC(=C2CCC3(CC2)OCCO3)CC1. The molecule has 1 saturated heterocycles. The Balaban J connectivity index is 1.64. The molecular formula is C14H22O2. The molecule has 90 valence electrons. The van der Waals surface area contributed by atoms with Crippen LogP contribution in [-0.4, -0.2) is 19.0 Å². The molecule has 0 bridgehead atoms. The Morgan fingerprint density at radius 3 is 1.88 bits per heavy atom. The normalized spacial score (nSPS) is 30.0. The van der Waals surface area contributed by atoms with E-state index in [4.69, 9.17) is 9.47 Å². The minimum absolute atomic E-state index is 0.182. The first-order valence-corrected chi connectivity index (χ1v) is 6.86. The molecule has 0 radical (unpaired) electrons. The van der Waals surface area contributed by atoms with Gasteiger partial charge in [-0.25, -0.2) is 0 Å². The summed E-state index contributed by atoms with van der Waals surface area (Å²) >= 11 is 0. The first kappa shape index (κ1) is 10.8. The van der Waals surface area contributed by atoms with Crippen molar-refractivity contribution in [2.24, 2.45) is 0 Å². The van der Waals surface area contributed by atoms with E-state index >= 15 is 0 Å². The third-order valence-electron chi connectivity index (χ3n) is 4.39. The molecule has 16 heavy (non-hydrogen) atoms. The average Bonchev–Trinajstić information content (AvgIpc) is 2.80. The number of allylic oxidation sites excluding steroid dienone is 2. The van der Waals surface area contributed by atoms with Crippen LogP contribution < -0.4 is 0 Å². The molecule has 0 atom stereocenters. The van der Waals surface area contributed by atoms with Crippen LogP contribution in [0.15, 0.2) is 11.1 Å². The summed E-state index contributed by atoms with van der Waals surface area (Å²) in [7, 11) is 0. The summed E-state index contributed by atoms with van der Waals surface area (Å²) < 4.78 is 11.5. The monoisotopic (exact) mass is 222 g/mol. The van der Waals surface area contributed by atoms with E-state index in [2.05, 4.69) is 0 Å². The van der Waals surface area contributed by atoms with Gasteiger partial charge in [0.2, 0.25) is 0 Å². The zero-order valence-electron chi connectivity index (χ0n) is 10.1. The van der Waals surface area contributed by atoms with Crippen LogP contribution in [0.2, 0.25) is 0 Å². The van der Waals surface area contributed by atoms with Gasteiger partial charge in [-0.15, -0.1) is 0 Å². The molecule has 3 aliphatic rings. The van der Waals surface area contributed by atoms with E-state index in [1.165, 1.54) is 44.9 Å². The van der Waals surface area contributed by atoms with Crippen molar-refractivity contribution in [1.29, 1.82) is 0 Å². The minimum Gasteiger partial charge on any atom is -0.348 e. The molecule has 3 fully saturated rings. The summed E-state index contributed by atoms with van der Waals surface area (Å²) in [6.45, 7) is 1.60. The van der Waals surface area contributed by atoms with Crippen LogP contribution >= 0.6 is 0 Å². The van der Waals surface area contributed by atoms with Gasteiger partial charge in [0, 0.05) is 12.8 Å². The fourth-order valence-corrected chi connectivity index (χ4v) is 3.40. The maximum absolute atomic E-state index is 5.77. The van der Waals surface area contributed by atoms with Gasteiger partial charge in [-0.05, 0) is 38.5 Å². The number of ether oxygens (including phenoxy) is 2. The van der Waals surface area contributed by atoms with Crippen molar-refractivity contribution in [2.45, 2.75) is 63.6 Å². The van der Waals surface area contributed by atoms with Gasteiger partial charge < -0.3 is 9.47 Å². The molecule has 1 spiro atoms. The lowest BCUT2D eigenvalue weighted by Crippen LogP contribution is -2.33. The molecule has 1 aliphatic heterocycles. The van der Waals surface area contributed by atoms with Crippen LogP contribution in [0.1, 0.15) is 57.8 Å². The fraction of sp³-hybridized carbons (Fsp3) is 0.857. The van der Waals surface area contributed by atoms with E-state index < -0.39 is 0 Å². The second kappa shape index (κ2) is 4.50. The molecule has 0 aromatic rings. The van der Waals surface area contributed by atoms with Crippen LogP contribution in [0.4, 0.5) is 0 Å². The Hall–Kier alpha value is -0.340. The summed E-state index contributed by atoms with van der Waals surface area (Å²) in [5.74, 6) is -0.182. The summed E-state index contributed by atoms with van der Waals surface area (Å²) in [4.78, 5) is 0. The van der Waals surface area contributed by atoms with Crippen molar-refractivity contribution < 1.29 is 9.47 Å². The highest BCUT2D eigenvalue weighted by Crippen LogP contribution is 2.41. The molecule has 2 aliphatic carbocycles. The lowest BCUT2D eigenvalue weighted by molar-refractivity contribution is -0.171. The Labute approximate surface area is 98.0 Å². The number of rotatable bonds is 0. The first-order valence-electron chi connectivity index (χ1n) is 6.86. The standard InChI is InChI=1S/C14H22O2/c1-2-4-12(5-3-1)13-6-8-14(9-7-13)15-10-11-16-14/h1-11H2. The van der Waals surface area contributed by atoms with Crippen molar-refractivity contribution in [1.82, 2.24) is 0 Å². The highest BCUT2D eigenvalue weighted by Gasteiger charge is 2.39.